The van der Waals surface area contributed by atoms with Crippen molar-refractivity contribution in [2.24, 2.45) is 5.92 Å². The van der Waals surface area contributed by atoms with Crippen LogP contribution in [0.1, 0.15) is 0 Å². The van der Waals surface area contributed by atoms with Gasteiger partial charge in [0, 0.05) is 32.2 Å². The number of aliphatic hydroxyl groups is 1. The molecule has 16 heavy (non-hydrogen) atoms. The van der Waals surface area contributed by atoms with Crippen molar-refractivity contribution in [3.8, 4) is 5.75 Å². The lowest BCUT2D eigenvalue weighted by Gasteiger charge is -2.37. The molecule has 0 atom stereocenters. The molecule has 0 aliphatic carbocycles. The van der Waals surface area contributed by atoms with E-state index >= 15 is 0 Å². The van der Waals surface area contributed by atoms with E-state index in [-0.39, 0.29) is 12.4 Å². The van der Waals surface area contributed by atoms with Crippen LogP contribution >= 0.6 is 0 Å². The van der Waals surface area contributed by atoms with E-state index in [2.05, 4.69) is 4.90 Å². The van der Waals surface area contributed by atoms with Gasteiger partial charge in [0.15, 0.2) is 0 Å². The van der Waals surface area contributed by atoms with E-state index in [0.29, 0.717) is 18.3 Å². The summed E-state index contributed by atoms with van der Waals surface area (Å²) in [5.41, 5.74) is 0. The highest BCUT2D eigenvalue weighted by Gasteiger charge is 2.24. The molecule has 1 aliphatic rings. The lowest BCUT2D eigenvalue weighted by molar-refractivity contribution is 0.0439. The minimum Gasteiger partial charge on any atom is -0.492 e. The third kappa shape index (κ3) is 2.93. The van der Waals surface area contributed by atoms with Gasteiger partial charge in [-0.25, -0.2) is 4.39 Å². The lowest BCUT2D eigenvalue weighted by Crippen LogP contribution is -2.49. The summed E-state index contributed by atoms with van der Waals surface area (Å²) < 4.78 is 18.1. The molecule has 0 unspecified atom stereocenters. The number of aliphatic hydroxyl groups excluding tert-OH is 1. The van der Waals surface area contributed by atoms with Crippen LogP contribution in [-0.4, -0.2) is 42.9 Å². The summed E-state index contributed by atoms with van der Waals surface area (Å²) in [5, 5.41) is 8.84. The van der Waals surface area contributed by atoms with Crippen LogP contribution < -0.4 is 4.74 Å². The SMILES string of the molecule is OCC1CN(CCOc2ccc(F)cc2)C1. The summed E-state index contributed by atoms with van der Waals surface area (Å²) in [6.07, 6.45) is 0. The zero-order chi connectivity index (χ0) is 11.4. The second-order valence-electron chi connectivity index (χ2n) is 4.11. The fourth-order valence-electron chi connectivity index (χ4n) is 1.80. The van der Waals surface area contributed by atoms with Crippen LogP contribution in [0.3, 0.4) is 0 Å². The van der Waals surface area contributed by atoms with Gasteiger partial charge in [-0.3, -0.25) is 4.90 Å². The Bertz CT molecular complexity index is 322. The van der Waals surface area contributed by atoms with Crippen LogP contribution in [0.15, 0.2) is 24.3 Å². The minimum atomic E-state index is -0.249. The number of hydrogen-bond acceptors (Lipinski definition) is 3. The first-order valence-electron chi connectivity index (χ1n) is 5.49. The summed E-state index contributed by atoms with van der Waals surface area (Å²) in [7, 11) is 0. The Morgan fingerprint density at radius 1 is 1.31 bits per heavy atom. The van der Waals surface area contributed by atoms with Crippen molar-refractivity contribution in [2.45, 2.75) is 0 Å². The molecule has 0 aromatic heterocycles. The number of rotatable bonds is 5. The predicted octanol–water partition coefficient (Wildman–Crippen LogP) is 1.13. The van der Waals surface area contributed by atoms with E-state index in [1.165, 1.54) is 12.1 Å². The molecule has 0 bridgehead atoms. The first kappa shape index (κ1) is 11.4. The zero-order valence-corrected chi connectivity index (χ0v) is 9.10. The second kappa shape index (κ2) is 5.27. The number of hydrogen-bond donors (Lipinski definition) is 1. The van der Waals surface area contributed by atoms with Gasteiger partial charge in [0.1, 0.15) is 18.2 Å². The van der Waals surface area contributed by atoms with Crippen LogP contribution in [-0.2, 0) is 0 Å². The first-order valence-corrected chi connectivity index (χ1v) is 5.49. The van der Waals surface area contributed by atoms with E-state index in [1.807, 2.05) is 0 Å². The third-order valence-electron chi connectivity index (χ3n) is 2.78. The Morgan fingerprint density at radius 3 is 2.62 bits per heavy atom. The summed E-state index contributed by atoms with van der Waals surface area (Å²) >= 11 is 0. The molecule has 88 valence electrons. The Labute approximate surface area is 94.4 Å². The van der Waals surface area contributed by atoms with Crippen molar-refractivity contribution in [1.82, 2.24) is 4.90 Å². The molecule has 3 nitrogen and oxygen atoms in total. The monoisotopic (exact) mass is 225 g/mol. The highest BCUT2D eigenvalue weighted by Crippen LogP contribution is 2.15. The maximum absolute atomic E-state index is 12.6. The molecular weight excluding hydrogens is 209 g/mol. The smallest absolute Gasteiger partial charge is 0.123 e. The molecule has 1 aromatic rings. The van der Waals surface area contributed by atoms with Crippen molar-refractivity contribution in [2.75, 3.05) is 32.8 Å². The predicted molar refractivity (Wildman–Crippen MR) is 58.9 cm³/mol. The van der Waals surface area contributed by atoms with Crippen molar-refractivity contribution in [3.63, 3.8) is 0 Å². The zero-order valence-electron chi connectivity index (χ0n) is 9.10. The van der Waals surface area contributed by atoms with Gasteiger partial charge < -0.3 is 9.84 Å². The van der Waals surface area contributed by atoms with Gasteiger partial charge in [0.05, 0.1) is 0 Å². The van der Waals surface area contributed by atoms with Gasteiger partial charge in [0.25, 0.3) is 0 Å². The summed E-state index contributed by atoms with van der Waals surface area (Å²) in [6, 6.07) is 6.03. The van der Waals surface area contributed by atoms with E-state index in [0.717, 1.165) is 19.6 Å². The van der Waals surface area contributed by atoms with E-state index in [4.69, 9.17) is 9.84 Å². The van der Waals surface area contributed by atoms with Crippen LogP contribution in [0.5, 0.6) is 5.75 Å². The molecule has 0 spiro atoms. The number of ether oxygens (including phenoxy) is 1. The normalized spacial score (nSPS) is 17.1. The number of halogens is 1. The fraction of sp³-hybridized carbons (Fsp3) is 0.500. The maximum Gasteiger partial charge on any atom is 0.123 e. The standard InChI is InChI=1S/C12H16FNO2/c13-11-1-3-12(4-2-11)16-6-5-14-7-10(8-14)9-15/h1-4,10,15H,5-9H2. The molecule has 0 amide bonds. The largest absolute Gasteiger partial charge is 0.492 e. The van der Waals surface area contributed by atoms with Crippen molar-refractivity contribution in [3.05, 3.63) is 30.1 Å². The fourth-order valence-corrected chi connectivity index (χ4v) is 1.80. The maximum atomic E-state index is 12.6. The number of likely N-dealkylation sites (tertiary alicyclic amines) is 1. The van der Waals surface area contributed by atoms with Gasteiger partial charge in [-0.2, -0.15) is 0 Å². The lowest BCUT2D eigenvalue weighted by atomic mass is 10.0. The molecule has 4 heteroatoms. The van der Waals surface area contributed by atoms with Gasteiger partial charge in [-0.05, 0) is 24.3 Å². The number of nitrogens with zero attached hydrogens (tertiary/aromatic N) is 1. The molecular formula is C12H16FNO2. The Kier molecular flexibility index (Phi) is 3.74. The third-order valence-corrected chi connectivity index (χ3v) is 2.78. The number of benzene rings is 1. The average Bonchev–Trinajstić information content (AvgIpc) is 2.24. The van der Waals surface area contributed by atoms with Crippen molar-refractivity contribution < 1.29 is 14.2 Å². The summed E-state index contributed by atoms with van der Waals surface area (Å²) in [6.45, 7) is 3.62. The Hall–Kier alpha value is -1.13. The Balaban J connectivity index is 1.63. The molecule has 0 radical (unpaired) electrons. The van der Waals surface area contributed by atoms with E-state index in [9.17, 15) is 4.39 Å². The summed E-state index contributed by atoms with van der Waals surface area (Å²) in [4.78, 5) is 2.23. The van der Waals surface area contributed by atoms with Crippen LogP contribution in [0.25, 0.3) is 0 Å². The highest BCUT2D eigenvalue weighted by molar-refractivity contribution is 5.21. The summed E-state index contributed by atoms with van der Waals surface area (Å²) in [5.74, 6) is 0.882. The molecule has 1 saturated heterocycles. The minimum absolute atomic E-state index is 0.249. The van der Waals surface area contributed by atoms with Crippen LogP contribution in [0, 0.1) is 11.7 Å². The molecule has 1 fully saturated rings. The molecule has 1 aliphatic heterocycles. The molecule has 2 rings (SSSR count). The van der Waals surface area contributed by atoms with E-state index < -0.39 is 0 Å². The molecule has 1 N–H and O–H groups in total. The topological polar surface area (TPSA) is 32.7 Å². The molecule has 1 heterocycles. The van der Waals surface area contributed by atoms with Gasteiger partial charge >= 0.3 is 0 Å². The van der Waals surface area contributed by atoms with Gasteiger partial charge in [0.2, 0.25) is 0 Å². The molecule has 0 saturated carbocycles. The van der Waals surface area contributed by atoms with Crippen molar-refractivity contribution in [1.29, 1.82) is 0 Å². The van der Waals surface area contributed by atoms with Gasteiger partial charge in [-0.1, -0.05) is 0 Å². The van der Waals surface area contributed by atoms with Gasteiger partial charge in [-0.15, -0.1) is 0 Å². The highest BCUT2D eigenvalue weighted by atomic mass is 19.1. The second-order valence-corrected chi connectivity index (χ2v) is 4.11. The van der Waals surface area contributed by atoms with E-state index in [1.54, 1.807) is 12.1 Å². The molecule has 1 aromatic carbocycles. The van der Waals surface area contributed by atoms with Crippen LogP contribution in [0.2, 0.25) is 0 Å². The quantitative estimate of drug-likeness (QED) is 0.815. The van der Waals surface area contributed by atoms with Crippen molar-refractivity contribution >= 4 is 0 Å². The average molecular weight is 225 g/mol. The van der Waals surface area contributed by atoms with Crippen LogP contribution in [0.4, 0.5) is 4.39 Å². The Morgan fingerprint density at radius 2 is 2.00 bits per heavy atom. The first-order chi connectivity index (χ1) is 7.78.